The second-order valence-corrected chi connectivity index (χ2v) is 10.5. The molecule has 0 unspecified atom stereocenters. The van der Waals surface area contributed by atoms with Crippen LogP contribution >= 0.6 is 11.3 Å². The number of aromatic nitrogens is 4. The first-order valence-electron chi connectivity index (χ1n) is 11.3. The third-order valence-corrected chi connectivity index (χ3v) is 7.92. The van der Waals surface area contributed by atoms with E-state index in [2.05, 4.69) is 54.6 Å². The van der Waals surface area contributed by atoms with E-state index in [1.165, 1.54) is 6.33 Å². The van der Waals surface area contributed by atoms with Crippen LogP contribution in [-0.4, -0.2) is 45.5 Å². The van der Waals surface area contributed by atoms with Gasteiger partial charge in [-0.3, -0.25) is 5.10 Å². The van der Waals surface area contributed by atoms with E-state index < -0.39 is 12.6 Å². The van der Waals surface area contributed by atoms with Gasteiger partial charge in [-0.2, -0.15) is 18.3 Å². The van der Waals surface area contributed by atoms with Crippen molar-refractivity contribution in [1.82, 2.24) is 20.2 Å². The smallest absolute Gasteiger partial charge is 0.382 e. The molecule has 1 aliphatic heterocycles. The summed E-state index contributed by atoms with van der Waals surface area (Å²) in [6.45, 7) is 1.75. The predicted octanol–water partition coefficient (Wildman–Crippen LogP) is 5.66. The van der Waals surface area contributed by atoms with Gasteiger partial charge in [0.25, 0.3) is 0 Å². The monoisotopic (exact) mass is 484 g/mol. The number of H-pyrrole nitrogens is 1. The third-order valence-electron chi connectivity index (χ3n) is 6.88. The Balaban J connectivity index is 1.10. The van der Waals surface area contributed by atoms with Crippen LogP contribution in [0.25, 0.3) is 21.3 Å². The van der Waals surface area contributed by atoms with Crippen LogP contribution in [0, 0.1) is 5.41 Å². The van der Waals surface area contributed by atoms with E-state index >= 15 is 0 Å². The first-order chi connectivity index (χ1) is 16.4. The molecule has 0 bridgehead atoms. The lowest BCUT2D eigenvalue weighted by atomic mass is 9.78. The van der Waals surface area contributed by atoms with Gasteiger partial charge in [0.15, 0.2) is 0 Å². The highest BCUT2D eigenvalue weighted by molar-refractivity contribution is 7.18. The molecule has 6 nitrogen and oxygen atoms in total. The number of rotatable bonds is 5. The van der Waals surface area contributed by atoms with Crippen molar-refractivity contribution in [2.75, 3.05) is 23.3 Å². The number of alkyl halides is 3. The van der Waals surface area contributed by atoms with E-state index in [0.29, 0.717) is 10.9 Å². The van der Waals surface area contributed by atoms with Crippen molar-refractivity contribution in [1.29, 1.82) is 0 Å². The Bertz CT molecular complexity index is 1290. The molecule has 2 fully saturated rings. The molecule has 1 aliphatic carbocycles. The first kappa shape index (κ1) is 21.4. The molecular weight excluding hydrogens is 461 g/mol. The quantitative estimate of drug-likeness (QED) is 0.383. The van der Waals surface area contributed by atoms with E-state index in [4.69, 9.17) is 0 Å². The highest BCUT2D eigenvalue weighted by atomic mass is 32.1. The van der Waals surface area contributed by atoms with Crippen LogP contribution in [0.5, 0.6) is 0 Å². The van der Waals surface area contributed by atoms with Gasteiger partial charge in [0.05, 0.1) is 18.0 Å². The van der Waals surface area contributed by atoms with Crippen molar-refractivity contribution in [2.45, 2.75) is 37.9 Å². The molecular formula is C24H23F3N6S. The fourth-order valence-corrected chi connectivity index (χ4v) is 6.38. The molecule has 1 aromatic carbocycles. The molecule has 6 rings (SSSR count). The van der Waals surface area contributed by atoms with Crippen molar-refractivity contribution in [3.8, 4) is 11.1 Å². The highest BCUT2D eigenvalue weighted by Crippen LogP contribution is 2.48. The molecule has 1 atom stereocenters. The Hall–Kier alpha value is -3.14. The summed E-state index contributed by atoms with van der Waals surface area (Å²) >= 11 is 1.10. The number of hydrogen-bond donors (Lipinski definition) is 2. The number of nitrogens with one attached hydrogen (secondary N) is 2. The zero-order chi connectivity index (χ0) is 23.3. The van der Waals surface area contributed by atoms with E-state index in [1.807, 2.05) is 12.4 Å². The van der Waals surface area contributed by atoms with Crippen molar-refractivity contribution < 1.29 is 13.2 Å². The number of fused-ring (bicyclic) bond motifs is 1. The Morgan fingerprint density at radius 2 is 1.97 bits per heavy atom. The van der Waals surface area contributed by atoms with E-state index in [1.54, 1.807) is 6.07 Å². The van der Waals surface area contributed by atoms with Gasteiger partial charge < -0.3 is 10.2 Å². The molecule has 2 aliphatic rings. The van der Waals surface area contributed by atoms with Gasteiger partial charge in [-0.05, 0) is 43.0 Å². The van der Waals surface area contributed by atoms with Crippen LogP contribution < -0.4 is 10.2 Å². The fraction of sp³-hybridized carbons (Fsp3) is 0.375. The summed E-state index contributed by atoms with van der Waals surface area (Å²) in [5.74, 6) is 0.756. The zero-order valence-electron chi connectivity index (χ0n) is 18.3. The van der Waals surface area contributed by atoms with Crippen LogP contribution in [0.3, 0.4) is 0 Å². The average molecular weight is 485 g/mol. The average Bonchev–Trinajstić information content (AvgIpc) is 3.51. The van der Waals surface area contributed by atoms with Crippen LogP contribution in [0.15, 0.2) is 49.1 Å². The largest absolute Gasteiger partial charge is 0.393 e. The summed E-state index contributed by atoms with van der Waals surface area (Å²) in [7, 11) is 0. The maximum atomic E-state index is 12.8. The number of anilines is 2. The molecule has 34 heavy (non-hydrogen) atoms. The summed E-state index contributed by atoms with van der Waals surface area (Å²) in [5, 5.41) is 11.2. The molecule has 10 heteroatoms. The van der Waals surface area contributed by atoms with Crippen LogP contribution in [-0.2, 0) is 6.42 Å². The Morgan fingerprint density at radius 3 is 2.71 bits per heavy atom. The topological polar surface area (TPSA) is 69.7 Å². The summed E-state index contributed by atoms with van der Waals surface area (Å²) in [6.07, 6.45) is 3.31. The van der Waals surface area contributed by atoms with Crippen molar-refractivity contribution in [3.63, 3.8) is 0 Å². The van der Waals surface area contributed by atoms with Gasteiger partial charge in [-0.25, -0.2) is 9.97 Å². The molecule has 1 spiro atoms. The van der Waals surface area contributed by atoms with Crippen molar-refractivity contribution in [3.05, 3.63) is 53.9 Å². The number of aromatic amines is 1. The number of hydrogen-bond acceptors (Lipinski definition) is 6. The maximum Gasteiger partial charge on any atom is 0.393 e. The van der Waals surface area contributed by atoms with E-state index in [0.717, 1.165) is 71.7 Å². The standard InChI is InChI=1S/C24H23F3N6S/c25-24(26,27)9-19-7-20-21(28-14-29-22(20)34-19)33-12-23(13-33)6-5-18(8-23)32-17-3-1-15(2-4-17)16-10-30-31-11-16/h1-4,7,10-11,14,18,32H,5-6,8-9,12-13H2,(H,30,31)/t18-/m1/s1. The number of benzene rings is 1. The number of thiophene rings is 1. The van der Waals surface area contributed by atoms with Gasteiger partial charge in [0.2, 0.25) is 0 Å². The second kappa shape index (κ2) is 7.97. The molecule has 0 radical (unpaired) electrons. The summed E-state index contributed by atoms with van der Waals surface area (Å²) in [6, 6.07) is 10.4. The molecule has 1 saturated carbocycles. The molecule has 3 aromatic heterocycles. The van der Waals surface area contributed by atoms with Crippen molar-refractivity contribution >= 4 is 33.1 Å². The van der Waals surface area contributed by atoms with Crippen LogP contribution in [0.2, 0.25) is 0 Å². The third kappa shape index (κ3) is 4.11. The van der Waals surface area contributed by atoms with Gasteiger partial charge in [-0.15, -0.1) is 11.3 Å². The molecule has 1 saturated heterocycles. The number of nitrogens with zero attached hydrogens (tertiary/aromatic N) is 4. The number of halogens is 3. The summed E-state index contributed by atoms with van der Waals surface area (Å²) < 4.78 is 38.5. The lowest BCUT2D eigenvalue weighted by molar-refractivity contribution is -0.126. The van der Waals surface area contributed by atoms with E-state index in [-0.39, 0.29) is 10.3 Å². The van der Waals surface area contributed by atoms with Gasteiger partial charge in [0.1, 0.15) is 17.0 Å². The minimum absolute atomic E-state index is 0.233. The van der Waals surface area contributed by atoms with Crippen LogP contribution in [0.1, 0.15) is 24.1 Å². The lowest BCUT2D eigenvalue weighted by Crippen LogP contribution is -2.56. The molecule has 4 heterocycles. The Kier molecular flexibility index (Phi) is 5.02. The Morgan fingerprint density at radius 1 is 1.15 bits per heavy atom. The van der Waals surface area contributed by atoms with Gasteiger partial charge in [-0.1, -0.05) is 12.1 Å². The predicted molar refractivity (Wildman–Crippen MR) is 127 cm³/mol. The molecule has 4 aromatic rings. The van der Waals surface area contributed by atoms with Crippen molar-refractivity contribution in [2.24, 2.45) is 5.41 Å². The minimum atomic E-state index is -4.22. The second-order valence-electron chi connectivity index (χ2n) is 9.43. The molecule has 0 amide bonds. The van der Waals surface area contributed by atoms with Gasteiger partial charge in [0, 0.05) is 46.9 Å². The normalized spacial score (nSPS) is 19.6. The maximum absolute atomic E-state index is 12.8. The summed E-state index contributed by atoms with van der Waals surface area (Å²) in [4.78, 5) is 11.7. The lowest BCUT2D eigenvalue weighted by Gasteiger charge is -2.49. The summed E-state index contributed by atoms with van der Waals surface area (Å²) in [5.41, 5.74) is 3.53. The van der Waals surface area contributed by atoms with E-state index in [9.17, 15) is 13.2 Å². The first-order valence-corrected chi connectivity index (χ1v) is 12.1. The SMILES string of the molecule is FC(F)(F)Cc1cc2c(N3CC4(CC[C@@H](Nc5ccc(-c6cn[nH]c6)cc5)C4)C3)ncnc2s1. The molecule has 176 valence electrons. The Labute approximate surface area is 198 Å². The fourth-order valence-electron chi connectivity index (χ4n) is 5.36. The van der Waals surface area contributed by atoms with Crippen LogP contribution in [0.4, 0.5) is 24.7 Å². The minimum Gasteiger partial charge on any atom is -0.382 e. The zero-order valence-corrected chi connectivity index (χ0v) is 19.1. The molecule has 2 N–H and O–H groups in total. The highest BCUT2D eigenvalue weighted by Gasteiger charge is 2.49. The van der Waals surface area contributed by atoms with Gasteiger partial charge >= 0.3 is 6.18 Å².